The van der Waals surface area contributed by atoms with Gasteiger partial charge in [-0.25, -0.2) is 4.79 Å². The number of carbonyl (C=O) groups is 1. The summed E-state index contributed by atoms with van der Waals surface area (Å²) in [4.78, 5) is 26.9. The first kappa shape index (κ1) is 18.5. The lowest BCUT2D eigenvalue weighted by Crippen LogP contribution is -2.20. The molecule has 4 rings (SSSR count). The Morgan fingerprint density at radius 3 is 2.79 bits per heavy atom. The molecule has 2 aromatic carbocycles. The molecule has 1 fully saturated rings. The lowest BCUT2D eigenvalue weighted by molar-refractivity contribution is -0.116. The maximum atomic E-state index is 12.4. The molecule has 0 unspecified atom stereocenters. The minimum Gasteiger partial charge on any atom is -0.408 e. The number of oxazole rings is 1. The molecule has 1 saturated heterocycles. The van der Waals surface area contributed by atoms with Crippen molar-refractivity contribution in [2.24, 2.45) is 0 Å². The Labute approximate surface area is 163 Å². The molecule has 1 N–H and O–H groups in total. The average Bonchev–Trinajstić information content (AvgIpc) is 3.27. The zero-order valence-corrected chi connectivity index (χ0v) is 16.1. The van der Waals surface area contributed by atoms with Gasteiger partial charge in [0.05, 0.1) is 5.52 Å². The number of fused-ring (bicyclic) bond motifs is 1. The van der Waals surface area contributed by atoms with E-state index >= 15 is 0 Å². The van der Waals surface area contributed by atoms with Crippen LogP contribution in [0.25, 0.3) is 11.1 Å². The number of hydrogen-bond acceptors (Lipinski definition) is 4. The molecule has 1 aromatic heterocycles. The van der Waals surface area contributed by atoms with E-state index in [0.717, 1.165) is 36.4 Å². The molecule has 3 aromatic rings. The number of nitrogens with one attached hydrogen (secondary N) is 1. The van der Waals surface area contributed by atoms with Gasteiger partial charge in [-0.05, 0) is 68.2 Å². The summed E-state index contributed by atoms with van der Waals surface area (Å²) < 4.78 is 6.77. The molecule has 0 bridgehead atoms. The predicted molar refractivity (Wildman–Crippen MR) is 109 cm³/mol. The monoisotopic (exact) mass is 379 g/mol. The van der Waals surface area contributed by atoms with Crippen LogP contribution in [0.5, 0.6) is 0 Å². The summed E-state index contributed by atoms with van der Waals surface area (Å²) in [5.41, 5.74) is 4.31. The number of benzene rings is 2. The van der Waals surface area contributed by atoms with Gasteiger partial charge in [0, 0.05) is 25.2 Å². The van der Waals surface area contributed by atoms with Crippen LogP contribution in [0.15, 0.2) is 51.7 Å². The number of aromatic nitrogens is 1. The Kier molecular flexibility index (Phi) is 5.30. The second-order valence-corrected chi connectivity index (χ2v) is 7.47. The minimum atomic E-state index is -0.430. The van der Waals surface area contributed by atoms with Crippen LogP contribution >= 0.6 is 0 Å². The molecule has 1 aliphatic heterocycles. The molecule has 0 atom stereocenters. The van der Waals surface area contributed by atoms with E-state index in [9.17, 15) is 9.59 Å². The molecule has 2 heterocycles. The third kappa shape index (κ3) is 4.17. The number of carbonyl (C=O) groups excluding carboxylic acids is 1. The van der Waals surface area contributed by atoms with E-state index in [0.29, 0.717) is 5.58 Å². The average molecular weight is 379 g/mol. The third-order valence-electron chi connectivity index (χ3n) is 5.20. The molecule has 6 heteroatoms. The number of amides is 1. The molecule has 1 aliphatic rings. The number of rotatable bonds is 6. The van der Waals surface area contributed by atoms with Crippen molar-refractivity contribution in [1.29, 1.82) is 0 Å². The summed E-state index contributed by atoms with van der Waals surface area (Å²) in [6.07, 6.45) is 2.73. The van der Waals surface area contributed by atoms with Gasteiger partial charge in [-0.3, -0.25) is 14.3 Å². The fourth-order valence-electron chi connectivity index (χ4n) is 3.77. The molecular weight excluding hydrogens is 354 g/mol. The number of nitrogens with zero attached hydrogens (tertiary/aromatic N) is 2. The van der Waals surface area contributed by atoms with E-state index in [4.69, 9.17) is 4.42 Å². The highest BCUT2D eigenvalue weighted by Gasteiger charge is 2.13. The maximum Gasteiger partial charge on any atom is 0.419 e. The van der Waals surface area contributed by atoms with Crippen molar-refractivity contribution in [2.75, 3.05) is 18.4 Å². The van der Waals surface area contributed by atoms with Gasteiger partial charge in [-0.15, -0.1) is 0 Å². The standard InChI is InChI=1S/C22H25N3O3/c1-16-7-8-20-19(13-16)25(22(27)28-20)12-9-21(26)23-18-6-4-5-17(14-18)15-24-10-2-3-11-24/h4-8,13-14H,2-3,9-12,15H2,1H3,(H,23,26). The molecule has 0 aliphatic carbocycles. The Morgan fingerprint density at radius 2 is 1.96 bits per heavy atom. The van der Waals surface area contributed by atoms with Crippen molar-refractivity contribution in [1.82, 2.24) is 9.47 Å². The van der Waals surface area contributed by atoms with E-state index in [-0.39, 0.29) is 18.9 Å². The summed E-state index contributed by atoms with van der Waals surface area (Å²) in [6.45, 7) is 5.45. The van der Waals surface area contributed by atoms with E-state index in [1.165, 1.54) is 23.0 Å². The summed E-state index contributed by atoms with van der Waals surface area (Å²) in [7, 11) is 0. The van der Waals surface area contributed by atoms with E-state index < -0.39 is 5.76 Å². The lowest BCUT2D eigenvalue weighted by atomic mass is 10.2. The largest absolute Gasteiger partial charge is 0.419 e. The Morgan fingerprint density at radius 1 is 1.14 bits per heavy atom. The second-order valence-electron chi connectivity index (χ2n) is 7.47. The van der Waals surface area contributed by atoms with Gasteiger partial charge in [-0.1, -0.05) is 18.2 Å². The van der Waals surface area contributed by atoms with Crippen LogP contribution in [0.3, 0.4) is 0 Å². The van der Waals surface area contributed by atoms with Crippen molar-refractivity contribution in [3.8, 4) is 0 Å². The van der Waals surface area contributed by atoms with Crippen LogP contribution < -0.4 is 11.1 Å². The van der Waals surface area contributed by atoms with Crippen molar-refractivity contribution in [3.05, 3.63) is 64.1 Å². The van der Waals surface area contributed by atoms with Crippen molar-refractivity contribution >= 4 is 22.7 Å². The van der Waals surface area contributed by atoms with Gasteiger partial charge >= 0.3 is 5.76 Å². The predicted octanol–water partition coefficient (Wildman–Crippen LogP) is 3.53. The smallest absolute Gasteiger partial charge is 0.408 e. The molecule has 6 nitrogen and oxygen atoms in total. The molecule has 146 valence electrons. The zero-order valence-electron chi connectivity index (χ0n) is 16.1. The highest BCUT2D eigenvalue weighted by molar-refractivity contribution is 5.90. The fourth-order valence-corrected chi connectivity index (χ4v) is 3.77. The molecular formula is C22H25N3O3. The summed E-state index contributed by atoms with van der Waals surface area (Å²) >= 11 is 0. The highest BCUT2D eigenvalue weighted by atomic mass is 16.4. The Balaban J connectivity index is 1.39. The fraction of sp³-hybridized carbons (Fsp3) is 0.364. The van der Waals surface area contributed by atoms with Gasteiger partial charge in [0.2, 0.25) is 5.91 Å². The Bertz CT molecular complexity index is 1040. The molecule has 0 spiro atoms. The van der Waals surface area contributed by atoms with Crippen LogP contribution in [-0.2, 0) is 17.9 Å². The van der Waals surface area contributed by atoms with E-state index in [1.807, 2.05) is 37.3 Å². The molecule has 0 radical (unpaired) electrons. The van der Waals surface area contributed by atoms with Gasteiger partial charge in [0.1, 0.15) is 0 Å². The van der Waals surface area contributed by atoms with Crippen molar-refractivity contribution in [3.63, 3.8) is 0 Å². The minimum absolute atomic E-state index is 0.118. The van der Waals surface area contributed by atoms with Crippen LogP contribution in [0, 0.1) is 6.92 Å². The van der Waals surface area contributed by atoms with Gasteiger partial charge < -0.3 is 9.73 Å². The molecule has 28 heavy (non-hydrogen) atoms. The highest BCUT2D eigenvalue weighted by Crippen LogP contribution is 2.17. The quantitative estimate of drug-likeness (QED) is 0.711. The van der Waals surface area contributed by atoms with Crippen LogP contribution in [0.4, 0.5) is 5.69 Å². The first-order valence-electron chi connectivity index (χ1n) is 9.80. The number of aryl methyl sites for hydroxylation is 2. The second kappa shape index (κ2) is 8.02. The van der Waals surface area contributed by atoms with Gasteiger partial charge in [0.15, 0.2) is 5.58 Å². The van der Waals surface area contributed by atoms with Crippen molar-refractivity contribution < 1.29 is 9.21 Å². The summed E-state index contributed by atoms with van der Waals surface area (Å²) in [5.74, 6) is -0.548. The van der Waals surface area contributed by atoms with E-state index in [2.05, 4.69) is 16.3 Å². The summed E-state index contributed by atoms with van der Waals surface area (Å²) in [6, 6.07) is 13.6. The third-order valence-corrected chi connectivity index (χ3v) is 5.20. The summed E-state index contributed by atoms with van der Waals surface area (Å²) in [5, 5.41) is 2.95. The lowest BCUT2D eigenvalue weighted by Gasteiger charge is -2.15. The molecule has 1 amide bonds. The zero-order chi connectivity index (χ0) is 19.5. The van der Waals surface area contributed by atoms with Crippen LogP contribution in [0.2, 0.25) is 0 Å². The first-order valence-corrected chi connectivity index (χ1v) is 9.80. The van der Waals surface area contributed by atoms with E-state index in [1.54, 1.807) is 6.07 Å². The van der Waals surface area contributed by atoms with Crippen molar-refractivity contribution in [2.45, 2.75) is 39.3 Å². The maximum absolute atomic E-state index is 12.4. The number of anilines is 1. The Hall–Kier alpha value is -2.86. The SMILES string of the molecule is Cc1ccc2oc(=O)n(CCC(=O)Nc3cccc(CN4CCCC4)c3)c2c1. The number of hydrogen-bond donors (Lipinski definition) is 1. The number of likely N-dealkylation sites (tertiary alicyclic amines) is 1. The normalized spacial score (nSPS) is 14.6. The molecule has 0 saturated carbocycles. The topological polar surface area (TPSA) is 67.5 Å². The van der Waals surface area contributed by atoms with Crippen LogP contribution in [-0.4, -0.2) is 28.5 Å². The first-order chi connectivity index (χ1) is 13.6. The van der Waals surface area contributed by atoms with Gasteiger partial charge in [0.25, 0.3) is 0 Å². The van der Waals surface area contributed by atoms with Crippen LogP contribution in [0.1, 0.15) is 30.4 Å². The van der Waals surface area contributed by atoms with Gasteiger partial charge in [-0.2, -0.15) is 0 Å².